The molecule has 3 aliphatic rings. The molecule has 0 fully saturated rings. The number of carbonyl (C=O) groups is 3. The van der Waals surface area contributed by atoms with Crippen LogP contribution < -0.4 is 5.73 Å². The molecule has 0 bridgehead atoms. The molecule has 0 aliphatic heterocycles. The number of aromatic nitrogens is 2. The zero-order valence-electron chi connectivity index (χ0n) is 22.5. The average molecular weight is 535 g/mol. The lowest BCUT2D eigenvalue weighted by atomic mass is 9.52. The molecule has 0 spiro atoms. The monoisotopic (exact) mass is 534 g/mol. The highest BCUT2D eigenvalue weighted by Crippen LogP contribution is 2.59. The largest absolute Gasteiger partial charge is 0.512 e. The zero-order valence-corrected chi connectivity index (χ0v) is 22.5. The van der Waals surface area contributed by atoms with Crippen LogP contribution >= 0.6 is 0 Å². The molecule has 1 amide bonds. The molecule has 39 heavy (non-hydrogen) atoms. The summed E-state index contributed by atoms with van der Waals surface area (Å²) in [5, 5.41) is 33.9. The normalized spacial score (nSPS) is 28.3. The Morgan fingerprint density at radius 1 is 1.21 bits per heavy atom. The zero-order chi connectivity index (χ0) is 28.4. The van der Waals surface area contributed by atoms with Crippen molar-refractivity contribution in [2.45, 2.75) is 45.7 Å². The molecule has 2 aromatic rings. The van der Waals surface area contributed by atoms with E-state index >= 15 is 0 Å². The molecule has 3 unspecified atom stereocenters. The van der Waals surface area contributed by atoms with Gasteiger partial charge < -0.3 is 25.6 Å². The Morgan fingerprint density at radius 3 is 2.51 bits per heavy atom. The molecule has 1 heterocycles. The summed E-state index contributed by atoms with van der Waals surface area (Å²) in [7, 11) is 3.57. The van der Waals surface area contributed by atoms with Crippen LogP contribution in [0.25, 0.3) is 0 Å². The summed E-state index contributed by atoms with van der Waals surface area (Å²) in [4.78, 5) is 45.6. The second-order valence-electron chi connectivity index (χ2n) is 11.4. The summed E-state index contributed by atoms with van der Waals surface area (Å²) < 4.78 is 1.63. The van der Waals surface area contributed by atoms with Gasteiger partial charge in [0, 0.05) is 34.9 Å². The first kappa shape index (κ1) is 26.7. The Labute approximate surface area is 226 Å². The smallest absolute Gasteiger partial charge is 0.248 e. The third kappa shape index (κ3) is 3.88. The van der Waals surface area contributed by atoms with E-state index in [0.29, 0.717) is 24.0 Å². The first-order chi connectivity index (χ1) is 18.4. The van der Waals surface area contributed by atoms with Crippen molar-refractivity contribution >= 4 is 17.5 Å². The molecule has 5 atom stereocenters. The highest BCUT2D eigenvalue weighted by atomic mass is 16.3. The Morgan fingerprint density at radius 2 is 1.92 bits per heavy atom. The van der Waals surface area contributed by atoms with Gasteiger partial charge >= 0.3 is 0 Å². The Balaban J connectivity index is 1.66. The lowest BCUT2D eigenvalue weighted by Gasteiger charge is -2.54. The van der Waals surface area contributed by atoms with Crippen LogP contribution in [0.1, 0.15) is 53.0 Å². The van der Waals surface area contributed by atoms with Crippen LogP contribution in [0.3, 0.4) is 0 Å². The number of Topliss-reactive ketones (excluding diaryl/α,β-unsaturated/α-hetero) is 2. The molecule has 0 saturated carbocycles. The number of hydrogen-bond acceptors (Lipinski definition) is 8. The molecular formula is C29H34N4O6. The number of aliphatic hydroxyl groups excluding tert-OH is 2. The van der Waals surface area contributed by atoms with Gasteiger partial charge in [-0.15, -0.1) is 0 Å². The van der Waals surface area contributed by atoms with Crippen molar-refractivity contribution in [3.8, 4) is 5.75 Å². The van der Waals surface area contributed by atoms with Gasteiger partial charge in [-0.1, -0.05) is 13.8 Å². The van der Waals surface area contributed by atoms with Crippen molar-refractivity contribution in [1.82, 2.24) is 14.5 Å². The molecule has 1 aromatic carbocycles. The minimum atomic E-state index is -1.01. The third-order valence-corrected chi connectivity index (χ3v) is 9.10. The second-order valence-corrected chi connectivity index (χ2v) is 11.4. The molecule has 1 aromatic heterocycles. The number of rotatable bonds is 6. The maximum Gasteiger partial charge on any atom is 0.248 e. The van der Waals surface area contributed by atoms with E-state index in [9.17, 15) is 29.7 Å². The molecule has 0 radical (unpaired) electrons. The number of nitrogens with zero attached hydrogens (tertiary/aromatic N) is 3. The number of aromatic hydroxyl groups is 1. The molecular weight excluding hydrogens is 500 g/mol. The molecule has 10 heteroatoms. The van der Waals surface area contributed by atoms with Gasteiger partial charge in [-0.3, -0.25) is 19.3 Å². The number of nitrogens with two attached hydrogens (primary N) is 1. The van der Waals surface area contributed by atoms with Crippen LogP contribution in [0.2, 0.25) is 0 Å². The number of allylic oxidation sites excluding steroid dienone is 2. The number of carbonyl (C=O) groups excluding carboxylic acids is 3. The average Bonchev–Trinajstić information content (AvgIpc) is 3.36. The fourth-order valence-electron chi connectivity index (χ4n) is 7.34. The fraction of sp³-hybridized carbons (Fsp3) is 0.448. The minimum Gasteiger partial charge on any atom is -0.512 e. The van der Waals surface area contributed by atoms with Crippen molar-refractivity contribution in [1.29, 1.82) is 0 Å². The Kier molecular flexibility index (Phi) is 6.41. The number of aliphatic hydroxyl groups is 2. The molecule has 10 nitrogen and oxygen atoms in total. The van der Waals surface area contributed by atoms with Gasteiger partial charge in [-0.2, -0.15) is 0 Å². The summed E-state index contributed by atoms with van der Waals surface area (Å²) in [6.45, 7) is 3.67. The number of imidazole rings is 1. The number of likely N-dealkylation sites (N-methyl/N-ethyl adjacent to an activating group) is 1. The number of phenolic OH excluding ortho intramolecular Hbond substituents is 1. The minimum absolute atomic E-state index is 0.0226. The number of ketones is 2. The standard InChI is InChI=1S/C29H34N4O6/c1-5-29(2)22-17(24(32(3)4)27(38)23(29)28(30)39)11-14-10-16-15(19(35)12-33-9-8-31-13-33)6-7-18(34)21(16)25(36)20(14)26(22)37/h6-9,13-14,17,22,24,34,37-38H,5,10-12H2,1-4H3,(H2,30,39)/t14?,17?,22?,24-,29-/m0/s1. The molecule has 5 N–H and O–H groups in total. The highest BCUT2D eigenvalue weighted by Gasteiger charge is 2.58. The first-order valence-corrected chi connectivity index (χ1v) is 13.1. The Hall–Kier alpha value is -3.92. The van der Waals surface area contributed by atoms with Crippen molar-refractivity contribution in [2.75, 3.05) is 14.1 Å². The van der Waals surface area contributed by atoms with E-state index in [1.165, 1.54) is 18.5 Å². The van der Waals surface area contributed by atoms with Crippen molar-refractivity contribution in [3.63, 3.8) is 0 Å². The predicted molar refractivity (Wildman–Crippen MR) is 142 cm³/mol. The summed E-state index contributed by atoms with van der Waals surface area (Å²) in [5.41, 5.74) is 5.83. The maximum atomic E-state index is 14.0. The van der Waals surface area contributed by atoms with Crippen LogP contribution in [0.15, 0.2) is 53.5 Å². The van der Waals surface area contributed by atoms with Gasteiger partial charge in [0.05, 0.1) is 30.1 Å². The van der Waals surface area contributed by atoms with Crippen LogP contribution in [0, 0.1) is 23.2 Å². The number of hydrogen-bond donors (Lipinski definition) is 4. The highest BCUT2D eigenvalue weighted by molar-refractivity contribution is 6.15. The predicted octanol–water partition coefficient (Wildman–Crippen LogP) is 2.93. The summed E-state index contributed by atoms with van der Waals surface area (Å²) in [6, 6.07) is 2.27. The number of fused-ring (bicyclic) bond motifs is 3. The molecule has 206 valence electrons. The van der Waals surface area contributed by atoms with Crippen LogP contribution in [0.4, 0.5) is 0 Å². The van der Waals surface area contributed by atoms with E-state index in [-0.39, 0.29) is 58.6 Å². The molecule has 3 aliphatic carbocycles. The van der Waals surface area contributed by atoms with E-state index < -0.39 is 35.0 Å². The summed E-state index contributed by atoms with van der Waals surface area (Å²) >= 11 is 0. The lowest BCUT2D eigenvalue weighted by Crippen LogP contribution is -2.56. The lowest BCUT2D eigenvalue weighted by molar-refractivity contribution is -0.117. The summed E-state index contributed by atoms with van der Waals surface area (Å²) in [6.07, 6.45) is 5.86. The number of phenols is 1. The van der Waals surface area contributed by atoms with Crippen LogP contribution in [-0.4, -0.2) is 67.4 Å². The van der Waals surface area contributed by atoms with E-state index in [2.05, 4.69) is 4.98 Å². The van der Waals surface area contributed by atoms with Crippen LogP contribution in [0.5, 0.6) is 5.75 Å². The van der Waals surface area contributed by atoms with Crippen molar-refractivity contribution in [2.24, 2.45) is 28.9 Å². The van der Waals surface area contributed by atoms with E-state index in [0.717, 1.165) is 0 Å². The van der Waals surface area contributed by atoms with Gasteiger partial charge in [0.2, 0.25) is 5.91 Å². The van der Waals surface area contributed by atoms with E-state index in [1.54, 1.807) is 42.9 Å². The fourth-order valence-corrected chi connectivity index (χ4v) is 7.34. The summed E-state index contributed by atoms with van der Waals surface area (Å²) in [5.74, 6) is -3.44. The van der Waals surface area contributed by atoms with Crippen molar-refractivity contribution < 1.29 is 29.7 Å². The van der Waals surface area contributed by atoms with Gasteiger partial charge in [0.25, 0.3) is 0 Å². The number of primary amides is 1. The second kappa shape index (κ2) is 9.37. The van der Waals surface area contributed by atoms with Gasteiger partial charge in [-0.25, -0.2) is 4.98 Å². The van der Waals surface area contributed by atoms with Crippen LogP contribution in [-0.2, 0) is 17.8 Å². The van der Waals surface area contributed by atoms with Gasteiger partial charge in [-0.05, 0) is 62.9 Å². The topological polar surface area (TPSA) is 159 Å². The SMILES string of the molecule is CC[C@]1(C)C(C(N)=O)=C(O)[C@@H](N(C)C)C2CC3Cc4c(C(=O)Cn5ccnc5)ccc(O)c4C(=O)C3=C(O)C21. The number of benzene rings is 1. The molecule has 5 rings (SSSR count). The maximum absolute atomic E-state index is 14.0. The van der Waals surface area contributed by atoms with Gasteiger partial charge in [0.15, 0.2) is 11.6 Å². The first-order valence-electron chi connectivity index (χ1n) is 13.1. The third-order valence-electron chi connectivity index (χ3n) is 9.10. The van der Waals surface area contributed by atoms with E-state index in [1.807, 2.05) is 6.92 Å². The number of amides is 1. The quantitative estimate of drug-likeness (QED) is 0.412. The van der Waals surface area contributed by atoms with Gasteiger partial charge in [0.1, 0.15) is 17.3 Å². The molecule has 0 saturated heterocycles. The van der Waals surface area contributed by atoms with E-state index in [4.69, 9.17) is 5.73 Å². The van der Waals surface area contributed by atoms with Crippen molar-refractivity contribution in [3.05, 3.63) is 70.2 Å². The Bertz CT molecular complexity index is 1440.